The summed E-state index contributed by atoms with van der Waals surface area (Å²) in [5, 5.41) is 3.11. The molecule has 2 rings (SSSR count). The number of aromatic nitrogens is 1. The van der Waals surface area contributed by atoms with Crippen LogP contribution in [0.1, 0.15) is 36.8 Å². The fraction of sp³-hybridized carbons (Fsp3) is 0.667. The van der Waals surface area contributed by atoms with E-state index in [0.717, 1.165) is 33.3 Å². The van der Waals surface area contributed by atoms with Gasteiger partial charge in [0.05, 0.1) is 6.42 Å². The van der Waals surface area contributed by atoms with E-state index in [4.69, 9.17) is 12.2 Å². The number of hydrogen-bond donors (Lipinski definition) is 2. The fourth-order valence-electron chi connectivity index (χ4n) is 2.37. The Labute approximate surface area is 111 Å². The summed E-state index contributed by atoms with van der Waals surface area (Å²) in [6.07, 6.45) is 3.92. The predicted octanol–water partition coefficient (Wildman–Crippen LogP) is 2.96. The van der Waals surface area contributed by atoms with Gasteiger partial charge in [0.25, 0.3) is 0 Å². The zero-order valence-corrected chi connectivity index (χ0v) is 11.8. The van der Waals surface area contributed by atoms with Crippen molar-refractivity contribution in [3.8, 4) is 0 Å². The maximum absolute atomic E-state index is 11.9. The molecule has 1 saturated carbocycles. The quantitative estimate of drug-likeness (QED) is 0.829. The molecule has 1 fully saturated rings. The standard InChI is InChI=1S/C12H18N2OS2/c1-7-3-4-9(5-7)14-11(15)6-10-8(2)13-12(16)17-10/h7,9H,3-6H2,1-2H3,(H,13,16)(H,14,15). The molecule has 94 valence electrons. The Kier molecular flexibility index (Phi) is 3.99. The average Bonchev–Trinajstić information content (AvgIpc) is 2.74. The van der Waals surface area contributed by atoms with Crippen molar-refractivity contribution < 1.29 is 4.79 Å². The highest BCUT2D eigenvalue weighted by molar-refractivity contribution is 7.73. The van der Waals surface area contributed by atoms with E-state index >= 15 is 0 Å². The molecule has 1 aliphatic rings. The zero-order chi connectivity index (χ0) is 12.4. The second-order valence-corrected chi connectivity index (χ2v) is 6.69. The monoisotopic (exact) mass is 270 g/mol. The number of amides is 1. The third-order valence-corrected chi connectivity index (χ3v) is 4.64. The number of rotatable bonds is 3. The summed E-state index contributed by atoms with van der Waals surface area (Å²) in [6.45, 7) is 4.21. The molecular weight excluding hydrogens is 252 g/mol. The number of aryl methyl sites for hydroxylation is 1. The molecule has 17 heavy (non-hydrogen) atoms. The molecule has 0 saturated heterocycles. The normalized spacial score (nSPS) is 23.9. The largest absolute Gasteiger partial charge is 0.353 e. The highest BCUT2D eigenvalue weighted by atomic mass is 32.1. The highest BCUT2D eigenvalue weighted by Gasteiger charge is 2.22. The predicted molar refractivity (Wildman–Crippen MR) is 72.9 cm³/mol. The van der Waals surface area contributed by atoms with Crippen LogP contribution < -0.4 is 5.32 Å². The van der Waals surface area contributed by atoms with Crippen molar-refractivity contribution in [2.45, 2.75) is 45.6 Å². The minimum absolute atomic E-state index is 0.123. The molecule has 1 aromatic heterocycles. The van der Waals surface area contributed by atoms with Gasteiger partial charge in [0.2, 0.25) is 5.91 Å². The van der Waals surface area contributed by atoms with Gasteiger partial charge in [0.15, 0.2) is 3.95 Å². The van der Waals surface area contributed by atoms with Crippen LogP contribution in [0, 0.1) is 16.8 Å². The lowest BCUT2D eigenvalue weighted by Crippen LogP contribution is -2.33. The Morgan fingerprint density at radius 2 is 2.35 bits per heavy atom. The smallest absolute Gasteiger partial charge is 0.225 e. The van der Waals surface area contributed by atoms with Gasteiger partial charge in [-0.15, -0.1) is 11.3 Å². The van der Waals surface area contributed by atoms with Gasteiger partial charge < -0.3 is 10.3 Å². The van der Waals surface area contributed by atoms with E-state index in [1.165, 1.54) is 17.8 Å². The fourth-order valence-corrected chi connectivity index (χ4v) is 3.66. The van der Waals surface area contributed by atoms with E-state index in [1.807, 2.05) is 6.92 Å². The van der Waals surface area contributed by atoms with Gasteiger partial charge in [-0.2, -0.15) is 0 Å². The van der Waals surface area contributed by atoms with Gasteiger partial charge in [-0.1, -0.05) is 6.92 Å². The molecule has 3 nitrogen and oxygen atoms in total. The van der Waals surface area contributed by atoms with E-state index in [2.05, 4.69) is 17.2 Å². The SMILES string of the molecule is Cc1[nH]c(=S)sc1CC(=O)NC1CCC(C)C1. The van der Waals surface area contributed by atoms with Gasteiger partial charge in [0.1, 0.15) is 0 Å². The molecule has 2 N–H and O–H groups in total. The molecule has 0 spiro atoms. The van der Waals surface area contributed by atoms with Crippen molar-refractivity contribution in [1.82, 2.24) is 10.3 Å². The molecule has 2 atom stereocenters. The molecule has 1 amide bonds. The third kappa shape index (κ3) is 3.39. The van der Waals surface area contributed by atoms with Crippen molar-refractivity contribution >= 4 is 29.5 Å². The Morgan fingerprint density at radius 3 is 2.88 bits per heavy atom. The van der Waals surface area contributed by atoms with Crippen LogP contribution in [-0.2, 0) is 11.2 Å². The van der Waals surface area contributed by atoms with Crippen LogP contribution in [0.3, 0.4) is 0 Å². The van der Waals surface area contributed by atoms with Crippen molar-refractivity contribution in [3.63, 3.8) is 0 Å². The highest BCUT2D eigenvalue weighted by Crippen LogP contribution is 2.24. The lowest BCUT2D eigenvalue weighted by Gasteiger charge is -2.11. The number of aromatic amines is 1. The number of nitrogens with one attached hydrogen (secondary N) is 2. The lowest BCUT2D eigenvalue weighted by atomic mass is 10.1. The topological polar surface area (TPSA) is 44.9 Å². The van der Waals surface area contributed by atoms with E-state index in [9.17, 15) is 4.79 Å². The first-order valence-corrected chi connectivity index (χ1v) is 7.25. The number of hydrogen-bond acceptors (Lipinski definition) is 3. The second-order valence-electron chi connectivity index (χ2n) is 4.92. The molecule has 0 aromatic carbocycles. The average molecular weight is 270 g/mol. The first-order valence-electron chi connectivity index (χ1n) is 6.02. The molecule has 0 aliphatic heterocycles. The summed E-state index contributed by atoms with van der Waals surface area (Å²) < 4.78 is 0.750. The minimum atomic E-state index is 0.123. The number of carbonyl (C=O) groups is 1. The number of carbonyl (C=O) groups excluding carboxylic acids is 1. The molecule has 1 aliphatic carbocycles. The lowest BCUT2D eigenvalue weighted by molar-refractivity contribution is -0.121. The van der Waals surface area contributed by atoms with Gasteiger partial charge >= 0.3 is 0 Å². The van der Waals surface area contributed by atoms with Gasteiger partial charge in [-0.3, -0.25) is 4.79 Å². The first-order chi connectivity index (χ1) is 8.04. The summed E-state index contributed by atoms with van der Waals surface area (Å²) in [7, 11) is 0. The van der Waals surface area contributed by atoms with E-state index in [-0.39, 0.29) is 5.91 Å². The molecule has 0 bridgehead atoms. The Balaban J connectivity index is 1.89. The van der Waals surface area contributed by atoms with Crippen molar-refractivity contribution in [3.05, 3.63) is 14.5 Å². The molecule has 2 unspecified atom stereocenters. The van der Waals surface area contributed by atoms with E-state index < -0.39 is 0 Å². The second kappa shape index (κ2) is 5.31. The van der Waals surface area contributed by atoms with Crippen LogP contribution in [0.2, 0.25) is 0 Å². The number of H-pyrrole nitrogens is 1. The molecule has 1 aromatic rings. The van der Waals surface area contributed by atoms with Crippen LogP contribution in [-0.4, -0.2) is 16.9 Å². The van der Waals surface area contributed by atoms with Crippen LogP contribution in [0.4, 0.5) is 0 Å². The van der Waals surface area contributed by atoms with Crippen LogP contribution in [0.5, 0.6) is 0 Å². The molecular formula is C12H18N2OS2. The van der Waals surface area contributed by atoms with Crippen molar-refractivity contribution in [1.29, 1.82) is 0 Å². The summed E-state index contributed by atoms with van der Waals surface area (Å²) in [6, 6.07) is 0.379. The van der Waals surface area contributed by atoms with Gasteiger partial charge in [-0.25, -0.2) is 0 Å². The molecule has 5 heteroatoms. The molecule has 0 radical (unpaired) electrons. The summed E-state index contributed by atoms with van der Waals surface area (Å²) in [5.74, 6) is 0.869. The maximum atomic E-state index is 11.9. The Morgan fingerprint density at radius 1 is 1.59 bits per heavy atom. The zero-order valence-electron chi connectivity index (χ0n) is 10.2. The minimum Gasteiger partial charge on any atom is -0.353 e. The van der Waals surface area contributed by atoms with Crippen LogP contribution in [0.25, 0.3) is 0 Å². The summed E-state index contributed by atoms with van der Waals surface area (Å²) in [4.78, 5) is 16.0. The molecule has 1 heterocycles. The first kappa shape index (κ1) is 12.8. The Bertz CT molecular complexity index is 463. The maximum Gasteiger partial charge on any atom is 0.225 e. The van der Waals surface area contributed by atoms with E-state index in [0.29, 0.717) is 12.5 Å². The van der Waals surface area contributed by atoms with Crippen molar-refractivity contribution in [2.75, 3.05) is 0 Å². The Hall–Kier alpha value is -0.680. The van der Waals surface area contributed by atoms with Gasteiger partial charge in [0, 0.05) is 16.6 Å². The van der Waals surface area contributed by atoms with E-state index in [1.54, 1.807) is 0 Å². The summed E-state index contributed by atoms with van der Waals surface area (Å²) in [5.41, 5.74) is 1.02. The third-order valence-electron chi connectivity index (χ3n) is 3.30. The van der Waals surface area contributed by atoms with Crippen molar-refractivity contribution in [2.24, 2.45) is 5.92 Å². The van der Waals surface area contributed by atoms with Gasteiger partial charge in [-0.05, 0) is 44.3 Å². The van der Waals surface area contributed by atoms with Crippen LogP contribution >= 0.6 is 23.6 Å². The summed E-state index contributed by atoms with van der Waals surface area (Å²) >= 11 is 6.56. The number of thiazole rings is 1. The van der Waals surface area contributed by atoms with Crippen LogP contribution in [0.15, 0.2) is 0 Å².